The molecule has 84 valence electrons. The Balaban J connectivity index is 2.11. The minimum absolute atomic E-state index is 0.509. The zero-order valence-corrected chi connectivity index (χ0v) is 9.24. The average Bonchev–Trinajstić information content (AvgIpc) is 2.78. The number of hydrogen-bond acceptors (Lipinski definition) is 3. The van der Waals surface area contributed by atoms with Gasteiger partial charge in [0.25, 0.3) is 0 Å². The lowest BCUT2D eigenvalue weighted by molar-refractivity contribution is 0.167. The zero-order chi connectivity index (χ0) is 11.4. The van der Waals surface area contributed by atoms with Crippen LogP contribution in [0.2, 0.25) is 0 Å². The van der Waals surface area contributed by atoms with E-state index in [1.165, 1.54) is 0 Å². The molecule has 0 spiro atoms. The van der Waals surface area contributed by atoms with Crippen LogP contribution in [-0.2, 0) is 13.0 Å². The van der Waals surface area contributed by atoms with Crippen LogP contribution in [-0.4, -0.2) is 19.9 Å². The Morgan fingerprint density at radius 1 is 1.25 bits per heavy atom. The molecular weight excluding hydrogens is 202 g/mol. The monoisotopic (exact) mass is 217 g/mol. The fraction of sp³-hybridized carbons (Fsp3) is 0.333. The molecule has 0 aliphatic rings. The molecule has 0 amide bonds. The summed E-state index contributed by atoms with van der Waals surface area (Å²) < 4.78 is 1.81. The Morgan fingerprint density at radius 2 is 2.00 bits per heavy atom. The Hall–Kier alpha value is -1.68. The van der Waals surface area contributed by atoms with Crippen molar-refractivity contribution in [1.29, 1.82) is 0 Å². The number of hydrogen-bond donors (Lipinski definition) is 1. The second-order valence-electron chi connectivity index (χ2n) is 3.65. The van der Waals surface area contributed by atoms with Crippen LogP contribution in [0.25, 0.3) is 0 Å². The number of rotatable bonds is 4. The van der Waals surface area contributed by atoms with Crippen LogP contribution in [0, 0.1) is 0 Å². The lowest BCUT2D eigenvalue weighted by Gasteiger charge is -2.12. The van der Waals surface area contributed by atoms with E-state index in [1.807, 2.05) is 29.8 Å². The predicted molar refractivity (Wildman–Crippen MR) is 60.8 cm³/mol. The molecule has 2 rings (SSSR count). The van der Waals surface area contributed by atoms with Crippen molar-refractivity contribution in [2.45, 2.75) is 26.0 Å². The van der Waals surface area contributed by atoms with E-state index in [1.54, 1.807) is 18.6 Å². The van der Waals surface area contributed by atoms with Crippen molar-refractivity contribution in [2.75, 3.05) is 0 Å². The molecule has 1 atom stereocenters. The van der Waals surface area contributed by atoms with Gasteiger partial charge < -0.3 is 5.11 Å². The third kappa shape index (κ3) is 2.28. The van der Waals surface area contributed by atoms with Gasteiger partial charge in [0.15, 0.2) is 0 Å². The van der Waals surface area contributed by atoms with Gasteiger partial charge in [0.1, 0.15) is 0 Å². The van der Waals surface area contributed by atoms with Crippen molar-refractivity contribution in [3.8, 4) is 0 Å². The van der Waals surface area contributed by atoms with Gasteiger partial charge in [0, 0.05) is 31.6 Å². The molecule has 4 heteroatoms. The number of aliphatic hydroxyl groups is 1. The van der Waals surface area contributed by atoms with E-state index < -0.39 is 6.10 Å². The first-order valence-electron chi connectivity index (χ1n) is 5.40. The number of pyridine rings is 1. The fourth-order valence-corrected chi connectivity index (χ4v) is 1.74. The summed E-state index contributed by atoms with van der Waals surface area (Å²) in [4.78, 5) is 3.95. The van der Waals surface area contributed by atoms with E-state index in [0.717, 1.165) is 17.8 Å². The first kappa shape index (κ1) is 10.8. The van der Waals surface area contributed by atoms with E-state index in [4.69, 9.17) is 0 Å². The molecular formula is C12H15N3O. The van der Waals surface area contributed by atoms with Crippen molar-refractivity contribution in [1.82, 2.24) is 14.8 Å². The lowest BCUT2D eigenvalue weighted by Crippen LogP contribution is -2.10. The molecule has 0 saturated heterocycles. The molecule has 16 heavy (non-hydrogen) atoms. The van der Waals surface area contributed by atoms with Crippen LogP contribution in [0.5, 0.6) is 0 Å². The molecule has 0 saturated carbocycles. The largest absolute Gasteiger partial charge is 0.386 e. The Morgan fingerprint density at radius 3 is 2.69 bits per heavy atom. The highest BCUT2D eigenvalue weighted by molar-refractivity contribution is 5.15. The Bertz CT molecular complexity index is 439. The van der Waals surface area contributed by atoms with Crippen molar-refractivity contribution >= 4 is 0 Å². The van der Waals surface area contributed by atoms with Crippen LogP contribution in [0.3, 0.4) is 0 Å². The average molecular weight is 217 g/mol. The number of nitrogens with zero attached hydrogens (tertiary/aromatic N) is 3. The molecule has 2 aromatic heterocycles. The zero-order valence-electron chi connectivity index (χ0n) is 9.24. The molecule has 0 aromatic carbocycles. The lowest BCUT2D eigenvalue weighted by atomic mass is 10.1. The molecule has 0 bridgehead atoms. The minimum atomic E-state index is -0.509. The van der Waals surface area contributed by atoms with Crippen molar-refractivity contribution in [3.63, 3.8) is 0 Å². The highest BCUT2D eigenvalue weighted by Gasteiger charge is 2.12. The maximum Gasteiger partial charge on any atom is 0.0996 e. The quantitative estimate of drug-likeness (QED) is 0.845. The first-order chi connectivity index (χ1) is 7.81. The Kier molecular flexibility index (Phi) is 3.31. The standard InChI is InChI=1S/C12H15N3O/c1-2-15-11(5-8-14-15)12(16)9-10-3-6-13-7-4-10/h3-8,12,16H,2,9H2,1H3. The highest BCUT2D eigenvalue weighted by atomic mass is 16.3. The van der Waals surface area contributed by atoms with Gasteiger partial charge in [-0.15, -0.1) is 0 Å². The van der Waals surface area contributed by atoms with E-state index >= 15 is 0 Å². The van der Waals surface area contributed by atoms with Crippen molar-refractivity contribution in [2.24, 2.45) is 0 Å². The van der Waals surface area contributed by atoms with Crippen molar-refractivity contribution in [3.05, 3.63) is 48.0 Å². The predicted octanol–water partition coefficient (Wildman–Crippen LogP) is 1.57. The third-order valence-corrected chi connectivity index (χ3v) is 2.57. The summed E-state index contributed by atoms with van der Waals surface area (Å²) in [6.07, 6.45) is 5.27. The molecule has 2 heterocycles. The normalized spacial score (nSPS) is 12.6. The van der Waals surface area contributed by atoms with Crippen LogP contribution in [0.15, 0.2) is 36.8 Å². The van der Waals surface area contributed by atoms with E-state index in [0.29, 0.717) is 6.42 Å². The summed E-state index contributed by atoms with van der Waals surface area (Å²) in [5, 5.41) is 14.2. The molecule has 1 unspecified atom stereocenters. The molecule has 2 aromatic rings. The molecule has 1 N–H and O–H groups in total. The summed E-state index contributed by atoms with van der Waals surface area (Å²) in [6.45, 7) is 2.78. The van der Waals surface area contributed by atoms with Crippen LogP contribution in [0.4, 0.5) is 0 Å². The summed E-state index contributed by atoms with van der Waals surface area (Å²) in [5.74, 6) is 0. The van der Waals surface area contributed by atoms with Gasteiger partial charge in [-0.25, -0.2) is 0 Å². The topological polar surface area (TPSA) is 50.9 Å². The first-order valence-corrected chi connectivity index (χ1v) is 5.40. The number of aryl methyl sites for hydroxylation is 1. The summed E-state index contributed by atoms with van der Waals surface area (Å²) >= 11 is 0. The molecule has 4 nitrogen and oxygen atoms in total. The van der Waals surface area contributed by atoms with Gasteiger partial charge in [0.05, 0.1) is 11.8 Å². The van der Waals surface area contributed by atoms with Crippen LogP contribution >= 0.6 is 0 Å². The minimum Gasteiger partial charge on any atom is -0.386 e. The highest BCUT2D eigenvalue weighted by Crippen LogP contribution is 2.17. The maximum absolute atomic E-state index is 10.1. The smallest absolute Gasteiger partial charge is 0.0996 e. The molecule has 0 radical (unpaired) electrons. The van der Waals surface area contributed by atoms with Gasteiger partial charge in [-0.3, -0.25) is 9.67 Å². The van der Waals surface area contributed by atoms with Gasteiger partial charge in [-0.2, -0.15) is 5.10 Å². The van der Waals surface area contributed by atoms with Crippen LogP contribution < -0.4 is 0 Å². The van der Waals surface area contributed by atoms with Crippen molar-refractivity contribution < 1.29 is 5.11 Å². The van der Waals surface area contributed by atoms with E-state index in [9.17, 15) is 5.11 Å². The third-order valence-electron chi connectivity index (χ3n) is 2.57. The van der Waals surface area contributed by atoms with E-state index in [-0.39, 0.29) is 0 Å². The maximum atomic E-state index is 10.1. The number of aromatic nitrogens is 3. The summed E-state index contributed by atoms with van der Waals surface area (Å²) in [5.41, 5.74) is 1.94. The van der Waals surface area contributed by atoms with Crippen LogP contribution in [0.1, 0.15) is 24.3 Å². The second-order valence-corrected chi connectivity index (χ2v) is 3.65. The van der Waals surface area contributed by atoms with Gasteiger partial charge in [-0.1, -0.05) is 0 Å². The summed E-state index contributed by atoms with van der Waals surface area (Å²) in [6, 6.07) is 5.68. The van der Waals surface area contributed by atoms with Gasteiger partial charge in [-0.05, 0) is 30.7 Å². The summed E-state index contributed by atoms with van der Waals surface area (Å²) in [7, 11) is 0. The Labute approximate surface area is 94.6 Å². The van der Waals surface area contributed by atoms with Gasteiger partial charge >= 0.3 is 0 Å². The molecule has 0 fully saturated rings. The molecule has 0 aliphatic heterocycles. The van der Waals surface area contributed by atoms with E-state index in [2.05, 4.69) is 10.1 Å². The fourth-order valence-electron chi connectivity index (χ4n) is 1.74. The number of aliphatic hydroxyl groups excluding tert-OH is 1. The SMILES string of the molecule is CCn1nccc1C(O)Cc1ccncc1. The van der Waals surface area contributed by atoms with Gasteiger partial charge in [0.2, 0.25) is 0 Å². The molecule has 0 aliphatic carbocycles. The second kappa shape index (κ2) is 4.90.